The molecule has 0 bridgehead atoms. The van der Waals surface area contributed by atoms with E-state index in [1.54, 1.807) is 18.6 Å². The van der Waals surface area contributed by atoms with Crippen LogP contribution in [0.4, 0.5) is 10.6 Å². The van der Waals surface area contributed by atoms with Crippen LogP contribution in [0.2, 0.25) is 0 Å². The summed E-state index contributed by atoms with van der Waals surface area (Å²) in [7, 11) is 2.14. The van der Waals surface area contributed by atoms with Gasteiger partial charge < -0.3 is 25.2 Å². The number of hydrogen-bond donors (Lipinski definition) is 2. The number of carbonyl (C=O) groups excluding carboxylic acids is 2. The first kappa shape index (κ1) is 30.4. The van der Waals surface area contributed by atoms with Gasteiger partial charge in [-0.1, -0.05) is 18.2 Å². The molecule has 4 heterocycles. The maximum Gasteiger partial charge on any atom is 0.407 e. The Labute approximate surface area is 263 Å². The van der Waals surface area contributed by atoms with Crippen molar-refractivity contribution in [3.8, 4) is 11.3 Å². The van der Waals surface area contributed by atoms with E-state index < -0.39 is 6.09 Å². The zero-order chi connectivity index (χ0) is 31.0. The minimum atomic E-state index is -0.444. The van der Waals surface area contributed by atoms with Crippen LogP contribution in [0.3, 0.4) is 0 Å². The van der Waals surface area contributed by atoms with Crippen LogP contribution in [-0.2, 0) is 11.3 Å². The Hall–Kier alpha value is -4.64. The number of hydrogen-bond acceptors (Lipinski definition) is 9. The molecule has 2 aliphatic rings. The van der Waals surface area contributed by atoms with Crippen LogP contribution in [0, 0.1) is 11.8 Å². The predicted molar refractivity (Wildman–Crippen MR) is 173 cm³/mol. The fourth-order valence-electron chi connectivity index (χ4n) is 6.07. The summed E-state index contributed by atoms with van der Waals surface area (Å²) in [6.07, 6.45) is 10.1. The van der Waals surface area contributed by atoms with Gasteiger partial charge in [-0.2, -0.15) is 0 Å². The van der Waals surface area contributed by atoms with E-state index in [2.05, 4.69) is 37.4 Å². The third kappa shape index (κ3) is 7.91. The molecule has 6 rings (SSSR count). The maximum absolute atomic E-state index is 13.5. The summed E-state index contributed by atoms with van der Waals surface area (Å²) in [5, 5.41) is 6.91. The molecule has 1 saturated carbocycles. The lowest BCUT2D eigenvalue weighted by molar-refractivity contribution is 0.0942. The van der Waals surface area contributed by atoms with Crippen molar-refractivity contribution in [3.63, 3.8) is 0 Å². The number of para-hydroxylation sites is 1. The van der Waals surface area contributed by atoms with Gasteiger partial charge in [-0.3, -0.25) is 14.8 Å². The predicted octanol–water partition coefficient (Wildman–Crippen LogP) is 4.30. The number of fused-ring (bicyclic) bond motifs is 1. The number of carbonyl (C=O) groups is 2. The first-order valence-electron chi connectivity index (χ1n) is 15.8. The molecule has 45 heavy (non-hydrogen) atoms. The highest BCUT2D eigenvalue weighted by Gasteiger charge is 2.23. The molecule has 11 heteroatoms. The molecule has 0 radical (unpaired) electrons. The second kappa shape index (κ2) is 14.4. The van der Waals surface area contributed by atoms with E-state index >= 15 is 0 Å². The van der Waals surface area contributed by atoms with Crippen LogP contribution in [0.5, 0.6) is 0 Å². The lowest BCUT2D eigenvalue weighted by Crippen LogP contribution is -2.44. The zero-order valence-electron chi connectivity index (χ0n) is 25.7. The van der Waals surface area contributed by atoms with E-state index in [0.29, 0.717) is 36.2 Å². The number of aromatic nitrogens is 4. The lowest BCUT2D eigenvalue weighted by Gasteiger charge is -2.33. The Bertz CT molecular complexity index is 1580. The average Bonchev–Trinajstić information content (AvgIpc) is 3.09. The number of rotatable bonds is 9. The molecular formula is C34H40N8O3. The Morgan fingerprint density at radius 2 is 1.64 bits per heavy atom. The molecule has 0 atom stereocenters. The number of nitrogens with one attached hydrogen (secondary N) is 2. The molecule has 234 valence electrons. The standard InChI is InChI=1S/C34H40N8O3/c1-41-14-16-42(17-15-41)32-11-10-26(21-37-32)31-18-29(28-4-2-3-5-30(28)40-31)33(43)38-19-24-6-8-25(9-7-24)20-39-34(44)45-23-27-22-35-12-13-36-27/h2-5,10-13,18,21-22,24-25H,6-9,14-17,19-20,23H2,1H3,(H,38,43)(H,39,44). The van der Waals surface area contributed by atoms with E-state index in [0.717, 1.165) is 79.8 Å². The van der Waals surface area contributed by atoms with Crippen molar-refractivity contribution >= 4 is 28.7 Å². The van der Waals surface area contributed by atoms with Crippen molar-refractivity contribution in [2.45, 2.75) is 32.3 Å². The summed E-state index contributed by atoms with van der Waals surface area (Å²) in [4.78, 5) is 47.9. The molecule has 0 unspecified atom stereocenters. The Kier molecular flexibility index (Phi) is 9.74. The Morgan fingerprint density at radius 1 is 0.889 bits per heavy atom. The molecular weight excluding hydrogens is 568 g/mol. The normalized spacial score (nSPS) is 18.8. The monoisotopic (exact) mass is 608 g/mol. The van der Waals surface area contributed by atoms with Gasteiger partial charge in [-0.05, 0) is 68.8 Å². The van der Waals surface area contributed by atoms with Crippen molar-refractivity contribution in [2.24, 2.45) is 11.8 Å². The second-order valence-electron chi connectivity index (χ2n) is 12.0. The van der Waals surface area contributed by atoms with Gasteiger partial charge in [-0.15, -0.1) is 0 Å². The van der Waals surface area contributed by atoms with Crippen LogP contribution >= 0.6 is 0 Å². The highest BCUT2D eigenvalue weighted by molar-refractivity contribution is 6.07. The number of alkyl carbamates (subject to hydrolysis) is 1. The summed E-state index contributed by atoms with van der Waals surface area (Å²) < 4.78 is 5.24. The van der Waals surface area contributed by atoms with Crippen LogP contribution in [-0.4, -0.2) is 83.2 Å². The minimum Gasteiger partial charge on any atom is -0.443 e. The van der Waals surface area contributed by atoms with E-state index in [9.17, 15) is 9.59 Å². The molecule has 0 spiro atoms. The van der Waals surface area contributed by atoms with Gasteiger partial charge in [0, 0.05) is 68.8 Å². The fourth-order valence-corrected chi connectivity index (χ4v) is 6.07. The van der Waals surface area contributed by atoms with Gasteiger partial charge in [-0.25, -0.2) is 14.8 Å². The van der Waals surface area contributed by atoms with Gasteiger partial charge in [0.25, 0.3) is 5.91 Å². The van der Waals surface area contributed by atoms with Crippen LogP contribution < -0.4 is 15.5 Å². The summed E-state index contributed by atoms with van der Waals surface area (Å²) >= 11 is 0. The van der Waals surface area contributed by atoms with Gasteiger partial charge in [0.05, 0.1) is 28.7 Å². The molecule has 4 aromatic rings. The molecule has 1 saturated heterocycles. The first-order valence-corrected chi connectivity index (χ1v) is 15.8. The Morgan fingerprint density at radius 3 is 2.36 bits per heavy atom. The average molecular weight is 609 g/mol. The van der Waals surface area contributed by atoms with Crippen LogP contribution in [0.1, 0.15) is 41.7 Å². The van der Waals surface area contributed by atoms with Crippen LogP contribution in [0.25, 0.3) is 22.2 Å². The summed E-state index contributed by atoms with van der Waals surface area (Å²) in [6, 6.07) is 13.8. The molecule has 1 aromatic carbocycles. The SMILES string of the molecule is CN1CCN(c2ccc(-c3cc(C(=O)NCC4CCC(CNC(=O)OCc5cnccn5)CC4)c4ccccc4n3)cn2)CC1. The molecule has 3 aromatic heterocycles. The Balaban J connectivity index is 1.02. The van der Waals surface area contributed by atoms with Crippen molar-refractivity contribution < 1.29 is 14.3 Å². The molecule has 2 amide bonds. The highest BCUT2D eigenvalue weighted by Crippen LogP contribution is 2.29. The third-order valence-corrected chi connectivity index (χ3v) is 8.85. The summed E-state index contributed by atoms with van der Waals surface area (Å²) in [5.74, 6) is 1.66. The molecule has 1 aliphatic heterocycles. The number of anilines is 1. The number of benzene rings is 1. The number of amides is 2. The summed E-state index contributed by atoms with van der Waals surface area (Å²) in [5.41, 5.74) is 3.64. The zero-order valence-corrected chi connectivity index (χ0v) is 25.7. The minimum absolute atomic E-state index is 0.0912. The third-order valence-electron chi connectivity index (χ3n) is 8.85. The van der Waals surface area contributed by atoms with E-state index in [1.165, 1.54) is 0 Å². The number of pyridine rings is 2. The number of nitrogens with zero attached hydrogens (tertiary/aromatic N) is 6. The summed E-state index contributed by atoms with van der Waals surface area (Å²) in [6.45, 7) is 5.26. The van der Waals surface area contributed by atoms with E-state index in [-0.39, 0.29) is 12.5 Å². The molecule has 1 aliphatic carbocycles. The topological polar surface area (TPSA) is 125 Å². The highest BCUT2D eigenvalue weighted by atomic mass is 16.5. The molecule has 2 fully saturated rings. The van der Waals surface area contributed by atoms with Crippen LogP contribution in [0.15, 0.2) is 67.3 Å². The van der Waals surface area contributed by atoms with Gasteiger partial charge in [0.2, 0.25) is 0 Å². The number of ether oxygens (including phenoxy) is 1. The van der Waals surface area contributed by atoms with Gasteiger partial charge in [0.1, 0.15) is 12.4 Å². The quantitative estimate of drug-likeness (QED) is 0.286. The second-order valence-corrected chi connectivity index (χ2v) is 12.0. The van der Waals surface area contributed by atoms with Crippen molar-refractivity contribution in [1.82, 2.24) is 35.5 Å². The fraction of sp³-hybridized carbons (Fsp3) is 0.412. The number of likely N-dealkylation sites (N-methyl/N-ethyl adjacent to an activating group) is 1. The van der Waals surface area contributed by atoms with Crippen molar-refractivity contribution in [1.29, 1.82) is 0 Å². The van der Waals surface area contributed by atoms with Gasteiger partial charge in [0.15, 0.2) is 0 Å². The van der Waals surface area contributed by atoms with E-state index in [1.807, 2.05) is 48.7 Å². The lowest BCUT2D eigenvalue weighted by atomic mass is 9.82. The maximum atomic E-state index is 13.5. The molecule has 11 nitrogen and oxygen atoms in total. The number of piperazine rings is 1. The van der Waals surface area contributed by atoms with E-state index in [4.69, 9.17) is 14.7 Å². The van der Waals surface area contributed by atoms with Crippen molar-refractivity contribution in [2.75, 3.05) is 51.2 Å². The van der Waals surface area contributed by atoms with Crippen molar-refractivity contribution in [3.05, 3.63) is 78.5 Å². The molecule has 2 N–H and O–H groups in total. The largest absolute Gasteiger partial charge is 0.443 e. The first-order chi connectivity index (χ1) is 22.0. The smallest absolute Gasteiger partial charge is 0.407 e. The van der Waals surface area contributed by atoms with Gasteiger partial charge >= 0.3 is 6.09 Å².